The molecule has 1 fully saturated rings. The quantitative estimate of drug-likeness (QED) is 0.826. The Bertz CT molecular complexity index is 448. The summed E-state index contributed by atoms with van der Waals surface area (Å²) in [4.78, 5) is 0. The number of nitrogens with one attached hydrogen (secondary N) is 1. The summed E-state index contributed by atoms with van der Waals surface area (Å²) in [7, 11) is 0. The van der Waals surface area contributed by atoms with Crippen molar-refractivity contribution in [3.63, 3.8) is 0 Å². The van der Waals surface area contributed by atoms with Gasteiger partial charge in [0.05, 0.1) is 12.1 Å². The first-order valence-electron chi connectivity index (χ1n) is 7.30. The predicted molar refractivity (Wildman–Crippen MR) is 89.0 cm³/mol. The van der Waals surface area contributed by atoms with Crippen LogP contribution in [0.3, 0.4) is 0 Å². The summed E-state index contributed by atoms with van der Waals surface area (Å²) >= 11 is 3.46. The monoisotopic (exact) mass is 339 g/mol. The molecule has 0 aromatic heterocycles. The molecule has 0 unspecified atom stereocenters. The SMILES string of the molecule is CC1(C)CC(C)(C)CC(CO)(Nc2ccc(Br)cc2)C1. The molecule has 0 saturated heterocycles. The van der Waals surface area contributed by atoms with E-state index in [-0.39, 0.29) is 23.0 Å². The van der Waals surface area contributed by atoms with E-state index in [1.807, 2.05) is 12.1 Å². The highest BCUT2D eigenvalue weighted by molar-refractivity contribution is 9.10. The van der Waals surface area contributed by atoms with Crippen LogP contribution < -0.4 is 5.32 Å². The van der Waals surface area contributed by atoms with Crippen molar-refractivity contribution in [3.05, 3.63) is 28.7 Å². The first-order chi connectivity index (χ1) is 9.15. The van der Waals surface area contributed by atoms with Gasteiger partial charge in [-0.1, -0.05) is 43.6 Å². The van der Waals surface area contributed by atoms with E-state index in [1.54, 1.807) is 0 Å². The van der Waals surface area contributed by atoms with Crippen LogP contribution in [0.4, 0.5) is 5.69 Å². The van der Waals surface area contributed by atoms with Gasteiger partial charge < -0.3 is 10.4 Å². The highest BCUT2D eigenvalue weighted by atomic mass is 79.9. The molecular formula is C17H26BrNO. The van der Waals surface area contributed by atoms with Crippen molar-refractivity contribution in [2.24, 2.45) is 10.8 Å². The zero-order valence-electron chi connectivity index (χ0n) is 13.0. The predicted octanol–water partition coefficient (Wildman–Crippen LogP) is 4.83. The molecule has 1 aliphatic rings. The lowest BCUT2D eigenvalue weighted by Crippen LogP contribution is -2.53. The third-order valence-corrected chi connectivity index (χ3v) is 4.68. The largest absolute Gasteiger partial charge is 0.394 e. The van der Waals surface area contributed by atoms with Crippen molar-refractivity contribution >= 4 is 21.6 Å². The Morgan fingerprint density at radius 1 is 1.00 bits per heavy atom. The average molecular weight is 340 g/mol. The Balaban J connectivity index is 2.26. The van der Waals surface area contributed by atoms with Gasteiger partial charge >= 0.3 is 0 Å². The molecule has 1 saturated carbocycles. The van der Waals surface area contributed by atoms with Crippen LogP contribution in [0.1, 0.15) is 47.0 Å². The summed E-state index contributed by atoms with van der Waals surface area (Å²) in [5.41, 5.74) is 1.34. The van der Waals surface area contributed by atoms with E-state index >= 15 is 0 Å². The van der Waals surface area contributed by atoms with Crippen molar-refractivity contribution in [3.8, 4) is 0 Å². The van der Waals surface area contributed by atoms with Crippen molar-refractivity contribution in [2.75, 3.05) is 11.9 Å². The molecule has 1 aromatic rings. The molecular weight excluding hydrogens is 314 g/mol. The number of rotatable bonds is 3. The van der Waals surface area contributed by atoms with Crippen molar-refractivity contribution < 1.29 is 5.11 Å². The number of halogens is 1. The molecule has 0 spiro atoms. The smallest absolute Gasteiger partial charge is 0.0661 e. The molecule has 112 valence electrons. The minimum absolute atomic E-state index is 0.177. The van der Waals surface area contributed by atoms with Crippen LogP contribution in [0, 0.1) is 10.8 Å². The maximum atomic E-state index is 10.1. The van der Waals surface area contributed by atoms with Gasteiger partial charge in [-0.3, -0.25) is 0 Å². The average Bonchev–Trinajstić information content (AvgIpc) is 2.28. The van der Waals surface area contributed by atoms with Crippen LogP contribution in [0.15, 0.2) is 28.7 Å². The number of anilines is 1. The van der Waals surface area contributed by atoms with E-state index in [9.17, 15) is 5.11 Å². The van der Waals surface area contributed by atoms with Crippen LogP contribution in [-0.4, -0.2) is 17.3 Å². The van der Waals surface area contributed by atoms with Gasteiger partial charge in [-0.2, -0.15) is 0 Å². The summed E-state index contributed by atoms with van der Waals surface area (Å²) < 4.78 is 1.07. The molecule has 1 aliphatic carbocycles. The molecule has 20 heavy (non-hydrogen) atoms. The second kappa shape index (κ2) is 5.34. The standard InChI is InChI=1S/C17H26BrNO/c1-15(2)9-16(3,4)11-17(10-15,12-20)19-14-7-5-13(18)6-8-14/h5-8,19-20H,9-12H2,1-4H3. The number of hydrogen-bond acceptors (Lipinski definition) is 2. The number of aliphatic hydroxyl groups is 1. The Hall–Kier alpha value is -0.540. The van der Waals surface area contributed by atoms with Crippen LogP contribution in [0.25, 0.3) is 0 Å². The Morgan fingerprint density at radius 2 is 1.50 bits per heavy atom. The van der Waals surface area contributed by atoms with Gasteiger partial charge in [0.1, 0.15) is 0 Å². The molecule has 0 radical (unpaired) electrons. The number of benzene rings is 1. The van der Waals surface area contributed by atoms with Crippen LogP contribution in [0.5, 0.6) is 0 Å². The van der Waals surface area contributed by atoms with Gasteiger partial charge in [0.25, 0.3) is 0 Å². The van der Waals surface area contributed by atoms with E-state index < -0.39 is 0 Å². The molecule has 3 heteroatoms. The first kappa shape index (κ1) is 15.8. The van der Waals surface area contributed by atoms with Gasteiger partial charge in [-0.25, -0.2) is 0 Å². The highest BCUT2D eigenvalue weighted by Gasteiger charge is 2.47. The Labute approximate surface area is 131 Å². The minimum Gasteiger partial charge on any atom is -0.394 e. The fourth-order valence-electron chi connectivity index (χ4n) is 4.39. The van der Waals surface area contributed by atoms with Gasteiger partial charge in [0.2, 0.25) is 0 Å². The third kappa shape index (κ3) is 3.76. The maximum absolute atomic E-state index is 10.1. The van der Waals surface area contributed by atoms with Gasteiger partial charge in [0, 0.05) is 10.2 Å². The number of hydrogen-bond donors (Lipinski definition) is 2. The normalized spacial score (nSPS) is 23.3. The molecule has 0 atom stereocenters. The van der Waals surface area contributed by atoms with Crippen LogP contribution in [0.2, 0.25) is 0 Å². The molecule has 2 nitrogen and oxygen atoms in total. The van der Waals surface area contributed by atoms with E-state index in [1.165, 1.54) is 6.42 Å². The lowest BCUT2D eigenvalue weighted by Gasteiger charge is -2.52. The van der Waals surface area contributed by atoms with E-state index in [0.29, 0.717) is 0 Å². The highest BCUT2D eigenvalue weighted by Crippen LogP contribution is 2.50. The summed E-state index contributed by atoms with van der Waals surface area (Å²) in [5, 5.41) is 13.7. The number of aliphatic hydroxyl groups excluding tert-OH is 1. The molecule has 0 heterocycles. The van der Waals surface area contributed by atoms with Crippen LogP contribution >= 0.6 is 15.9 Å². The van der Waals surface area contributed by atoms with E-state index in [4.69, 9.17) is 0 Å². The molecule has 0 amide bonds. The molecule has 2 rings (SSSR count). The van der Waals surface area contributed by atoms with Gasteiger partial charge in [-0.05, 0) is 54.4 Å². The molecule has 2 N–H and O–H groups in total. The third-order valence-electron chi connectivity index (χ3n) is 4.15. The zero-order valence-corrected chi connectivity index (χ0v) is 14.5. The summed E-state index contributed by atoms with van der Waals surface area (Å²) in [6.07, 6.45) is 3.19. The fraction of sp³-hybridized carbons (Fsp3) is 0.647. The van der Waals surface area contributed by atoms with E-state index in [2.05, 4.69) is 61.1 Å². The second-order valence-corrected chi connectivity index (χ2v) is 8.84. The van der Waals surface area contributed by atoms with Crippen molar-refractivity contribution in [2.45, 2.75) is 52.5 Å². The minimum atomic E-state index is -0.223. The van der Waals surface area contributed by atoms with Crippen LogP contribution in [-0.2, 0) is 0 Å². The molecule has 0 aliphatic heterocycles. The summed E-state index contributed by atoms with van der Waals surface area (Å²) in [6, 6.07) is 8.20. The molecule has 0 bridgehead atoms. The van der Waals surface area contributed by atoms with Gasteiger partial charge in [0.15, 0.2) is 0 Å². The second-order valence-electron chi connectivity index (χ2n) is 7.93. The van der Waals surface area contributed by atoms with Crippen molar-refractivity contribution in [1.82, 2.24) is 0 Å². The lowest BCUT2D eigenvalue weighted by molar-refractivity contribution is 0.0288. The Morgan fingerprint density at radius 3 is 1.95 bits per heavy atom. The van der Waals surface area contributed by atoms with Crippen molar-refractivity contribution in [1.29, 1.82) is 0 Å². The topological polar surface area (TPSA) is 32.3 Å². The van der Waals surface area contributed by atoms with Gasteiger partial charge in [-0.15, -0.1) is 0 Å². The Kier molecular flexibility index (Phi) is 4.23. The van der Waals surface area contributed by atoms with E-state index in [0.717, 1.165) is 23.0 Å². The maximum Gasteiger partial charge on any atom is 0.0661 e. The first-order valence-corrected chi connectivity index (χ1v) is 8.09. The molecule has 1 aromatic carbocycles. The fourth-order valence-corrected chi connectivity index (χ4v) is 4.66. The zero-order chi connectivity index (χ0) is 15.0. The summed E-state index contributed by atoms with van der Waals surface area (Å²) in [5.74, 6) is 0. The summed E-state index contributed by atoms with van der Waals surface area (Å²) in [6.45, 7) is 9.41. The lowest BCUT2D eigenvalue weighted by atomic mass is 9.58.